The second-order valence-electron chi connectivity index (χ2n) is 4.06. The van der Waals surface area contributed by atoms with Crippen molar-refractivity contribution in [1.82, 2.24) is 0 Å². The van der Waals surface area contributed by atoms with Crippen LogP contribution in [0.2, 0.25) is 0 Å². The van der Waals surface area contributed by atoms with E-state index in [4.69, 9.17) is 9.84 Å². The maximum absolute atomic E-state index is 12.1. The summed E-state index contributed by atoms with van der Waals surface area (Å²) in [6.07, 6.45) is 0. The second-order valence-corrected chi connectivity index (χ2v) is 5.74. The van der Waals surface area contributed by atoms with Gasteiger partial charge in [0.05, 0.1) is 11.5 Å². The minimum Gasteiger partial charge on any atom is -0.508 e. The Morgan fingerprint density at radius 3 is 2.20 bits per heavy atom. The fourth-order valence-corrected chi connectivity index (χ4v) is 2.68. The molecule has 6 heteroatoms. The van der Waals surface area contributed by atoms with Crippen LogP contribution in [0.4, 0.5) is 5.69 Å². The van der Waals surface area contributed by atoms with Gasteiger partial charge >= 0.3 is 0 Å². The lowest BCUT2D eigenvalue weighted by molar-refractivity contribution is 0.340. The van der Waals surface area contributed by atoms with E-state index in [1.807, 2.05) is 6.92 Å². The van der Waals surface area contributed by atoms with Gasteiger partial charge in [-0.25, -0.2) is 8.42 Å². The van der Waals surface area contributed by atoms with Crippen molar-refractivity contribution in [3.63, 3.8) is 0 Å². The van der Waals surface area contributed by atoms with Gasteiger partial charge in [-0.2, -0.15) is 0 Å². The Morgan fingerprint density at radius 2 is 1.65 bits per heavy atom. The van der Waals surface area contributed by atoms with Crippen LogP contribution in [0.15, 0.2) is 53.4 Å². The number of sulfonamides is 1. The molecule has 0 amide bonds. The lowest BCUT2D eigenvalue weighted by atomic mass is 10.3. The third-order valence-corrected chi connectivity index (χ3v) is 3.96. The highest BCUT2D eigenvalue weighted by molar-refractivity contribution is 7.92. The van der Waals surface area contributed by atoms with Gasteiger partial charge in [-0.05, 0) is 55.5 Å². The minimum atomic E-state index is -3.65. The molecule has 0 spiro atoms. The first-order valence-electron chi connectivity index (χ1n) is 6.06. The Morgan fingerprint density at radius 1 is 1.05 bits per heavy atom. The largest absolute Gasteiger partial charge is 0.508 e. The second kappa shape index (κ2) is 5.83. The van der Waals surface area contributed by atoms with E-state index in [2.05, 4.69) is 4.72 Å². The molecular formula is C14H15NO4S. The van der Waals surface area contributed by atoms with Crippen LogP contribution in [0, 0.1) is 0 Å². The van der Waals surface area contributed by atoms with Crippen LogP contribution in [0.3, 0.4) is 0 Å². The van der Waals surface area contributed by atoms with Crippen LogP contribution >= 0.6 is 0 Å². The number of phenols is 1. The number of ether oxygens (including phenoxy) is 1. The minimum absolute atomic E-state index is 0.0778. The van der Waals surface area contributed by atoms with E-state index in [0.717, 1.165) is 0 Å². The lowest BCUT2D eigenvalue weighted by Crippen LogP contribution is -2.12. The number of aromatic hydroxyl groups is 1. The van der Waals surface area contributed by atoms with E-state index in [9.17, 15) is 8.42 Å². The average molecular weight is 293 g/mol. The van der Waals surface area contributed by atoms with Gasteiger partial charge in [0, 0.05) is 5.69 Å². The maximum atomic E-state index is 12.1. The van der Waals surface area contributed by atoms with Crippen LogP contribution in [-0.2, 0) is 10.0 Å². The lowest BCUT2D eigenvalue weighted by Gasteiger charge is -2.09. The molecule has 2 rings (SSSR count). The number of rotatable bonds is 5. The molecule has 20 heavy (non-hydrogen) atoms. The summed E-state index contributed by atoms with van der Waals surface area (Å²) in [5.74, 6) is 0.699. The van der Waals surface area contributed by atoms with Crippen LogP contribution in [-0.4, -0.2) is 20.1 Å². The summed E-state index contributed by atoms with van der Waals surface area (Å²) in [5, 5.41) is 9.16. The predicted octanol–water partition coefficient (Wildman–Crippen LogP) is 2.59. The Kier molecular flexibility index (Phi) is 4.14. The molecule has 0 aliphatic heterocycles. The molecule has 0 unspecified atom stereocenters. The zero-order valence-corrected chi connectivity index (χ0v) is 11.7. The number of phenolic OH excluding ortho intramolecular Hbond substituents is 1. The number of hydrogen-bond acceptors (Lipinski definition) is 4. The van der Waals surface area contributed by atoms with Crippen molar-refractivity contribution in [2.24, 2.45) is 0 Å². The SMILES string of the molecule is CCOc1ccc(S(=O)(=O)Nc2ccc(O)cc2)cc1. The summed E-state index contributed by atoms with van der Waals surface area (Å²) < 4.78 is 32.0. The molecule has 5 nitrogen and oxygen atoms in total. The first-order chi connectivity index (χ1) is 9.51. The number of benzene rings is 2. The Labute approximate surface area is 117 Å². The highest BCUT2D eigenvalue weighted by Gasteiger charge is 2.14. The monoisotopic (exact) mass is 293 g/mol. The molecule has 0 heterocycles. The summed E-state index contributed by atoms with van der Waals surface area (Å²) in [6, 6.07) is 12.0. The molecule has 0 aliphatic carbocycles. The summed E-state index contributed by atoms with van der Waals surface area (Å²) in [7, 11) is -3.65. The van der Waals surface area contributed by atoms with Gasteiger partial charge in [0.1, 0.15) is 11.5 Å². The normalized spacial score (nSPS) is 11.1. The van der Waals surface area contributed by atoms with Crippen molar-refractivity contribution in [2.75, 3.05) is 11.3 Å². The highest BCUT2D eigenvalue weighted by atomic mass is 32.2. The van der Waals surface area contributed by atoms with Gasteiger partial charge in [-0.3, -0.25) is 4.72 Å². The van der Waals surface area contributed by atoms with Gasteiger partial charge in [-0.15, -0.1) is 0 Å². The molecule has 106 valence electrons. The first kappa shape index (κ1) is 14.2. The van der Waals surface area contributed by atoms with Crippen molar-refractivity contribution in [3.05, 3.63) is 48.5 Å². The molecule has 0 aliphatic rings. The third-order valence-electron chi connectivity index (χ3n) is 2.56. The summed E-state index contributed by atoms with van der Waals surface area (Å²) >= 11 is 0. The van der Waals surface area contributed by atoms with Crippen molar-refractivity contribution in [1.29, 1.82) is 0 Å². The van der Waals surface area contributed by atoms with Gasteiger partial charge in [0.25, 0.3) is 10.0 Å². The van der Waals surface area contributed by atoms with E-state index in [-0.39, 0.29) is 10.6 Å². The molecule has 0 saturated heterocycles. The highest BCUT2D eigenvalue weighted by Crippen LogP contribution is 2.20. The first-order valence-corrected chi connectivity index (χ1v) is 7.54. The third kappa shape index (κ3) is 3.42. The topological polar surface area (TPSA) is 75.6 Å². The molecule has 0 bridgehead atoms. The van der Waals surface area contributed by atoms with E-state index < -0.39 is 10.0 Å². The summed E-state index contributed by atoms with van der Waals surface area (Å²) in [4.78, 5) is 0.147. The van der Waals surface area contributed by atoms with Crippen molar-refractivity contribution in [2.45, 2.75) is 11.8 Å². The molecule has 0 fully saturated rings. The van der Waals surface area contributed by atoms with Gasteiger partial charge < -0.3 is 9.84 Å². The van der Waals surface area contributed by atoms with E-state index in [1.165, 1.54) is 36.4 Å². The zero-order valence-electron chi connectivity index (χ0n) is 10.9. The van der Waals surface area contributed by atoms with E-state index >= 15 is 0 Å². The molecule has 0 aromatic heterocycles. The fraction of sp³-hybridized carbons (Fsp3) is 0.143. The quantitative estimate of drug-likeness (QED) is 0.831. The fourth-order valence-electron chi connectivity index (χ4n) is 1.63. The summed E-state index contributed by atoms with van der Waals surface area (Å²) in [5.41, 5.74) is 0.386. The number of anilines is 1. The zero-order chi connectivity index (χ0) is 14.6. The van der Waals surface area contributed by atoms with E-state index in [1.54, 1.807) is 12.1 Å². The summed E-state index contributed by atoms with van der Waals surface area (Å²) in [6.45, 7) is 2.38. The molecule has 2 N–H and O–H groups in total. The van der Waals surface area contributed by atoms with Crippen LogP contribution in [0.5, 0.6) is 11.5 Å². The van der Waals surface area contributed by atoms with Gasteiger partial charge in [0.15, 0.2) is 0 Å². The van der Waals surface area contributed by atoms with Crippen molar-refractivity contribution >= 4 is 15.7 Å². The maximum Gasteiger partial charge on any atom is 0.261 e. The molecule has 0 saturated carbocycles. The molecule has 2 aromatic carbocycles. The van der Waals surface area contributed by atoms with E-state index in [0.29, 0.717) is 18.0 Å². The molecular weight excluding hydrogens is 278 g/mol. The predicted molar refractivity (Wildman–Crippen MR) is 76.5 cm³/mol. The average Bonchev–Trinajstić information content (AvgIpc) is 2.42. The van der Waals surface area contributed by atoms with Crippen LogP contribution in [0.25, 0.3) is 0 Å². The Bertz CT molecular complexity index is 663. The molecule has 0 radical (unpaired) electrons. The standard InChI is InChI=1S/C14H15NO4S/c1-2-19-13-7-9-14(10-8-13)20(17,18)15-11-3-5-12(16)6-4-11/h3-10,15-16H,2H2,1H3. The number of hydrogen-bond donors (Lipinski definition) is 2. The van der Waals surface area contributed by atoms with Gasteiger partial charge in [0.2, 0.25) is 0 Å². The van der Waals surface area contributed by atoms with Crippen molar-refractivity contribution in [3.8, 4) is 11.5 Å². The van der Waals surface area contributed by atoms with Crippen LogP contribution < -0.4 is 9.46 Å². The number of nitrogens with one attached hydrogen (secondary N) is 1. The molecule has 0 atom stereocenters. The smallest absolute Gasteiger partial charge is 0.261 e. The molecule has 2 aromatic rings. The van der Waals surface area contributed by atoms with Gasteiger partial charge in [-0.1, -0.05) is 0 Å². The Hall–Kier alpha value is -2.21. The Balaban J connectivity index is 2.19. The van der Waals surface area contributed by atoms with Crippen LogP contribution in [0.1, 0.15) is 6.92 Å². The van der Waals surface area contributed by atoms with Crippen molar-refractivity contribution < 1.29 is 18.3 Å².